The standard InChI is InChI=1S/C27H36ClN3O4/c1-6-19(3)30(16-23(32)18-34-7-2)17-26-20(4)29-31(22-10-8-9-21(28)15-22)27(26)35-25-13-11-24(33-5)12-14-25/h8-15,19,23,32H,6-7,16-18H2,1-5H3/t19-,23+/m1/s1. The number of aliphatic hydroxyl groups excluding tert-OH is 1. The van der Waals surface area contributed by atoms with Crippen molar-refractivity contribution in [2.75, 3.05) is 26.9 Å². The van der Waals surface area contributed by atoms with E-state index < -0.39 is 6.10 Å². The van der Waals surface area contributed by atoms with E-state index in [0.717, 1.165) is 29.1 Å². The molecule has 0 saturated heterocycles. The molecule has 0 aliphatic rings. The van der Waals surface area contributed by atoms with Crippen LogP contribution in [0.1, 0.15) is 38.4 Å². The first-order valence-electron chi connectivity index (χ1n) is 12.0. The molecule has 0 saturated carbocycles. The molecule has 3 aromatic rings. The number of benzene rings is 2. The minimum atomic E-state index is -0.585. The van der Waals surface area contributed by atoms with Crippen molar-refractivity contribution in [1.82, 2.24) is 14.7 Å². The number of aliphatic hydroxyl groups is 1. The summed E-state index contributed by atoms with van der Waals surface area (Å²) in [5.41, 5.74) is 2.60. The summed E-state index contributed by atoms with van der Waals surface area (Å²) < 4.78 is 18.9. The van der Waals surface area contributed by atoms with Crippen LogP contribution in [0.5, 0.6) is 17.4 Å². The Kier molecular flexibility index (Phi) is 9.98. The van der Waals surface area contributed by atoms with E-state index in [4.69, 9.17) is 30.9 Å². The Morgan fingerprint density at radius 3 is 2.46 bits per heavy atom. The van der Waals surface area contributed by atoms with Crippen LogP contribution in [0.25, 0.3) is 5.69 Å². The number of halogens is 1. The number of rotatable bonds is 13. The third-order valence-corrected chi connectivity index (χ3v) is 6.23. The first-order valence-corrected chi connectivity index (χ1v) is 12.4. The first kappa shape index (κ1) is 27.0. The summed E-state index contributed by atoms with van der Waals surface area (Å²) in [5.74, 6) is 2.03. The molecule has 0 aliphatic carbocycles. The van der Waals surface area contributed by atoms with Crippen LogP contribution in [-0.2, 0) is 11.3 Å². The second kappa shape index (κ2) is 12.9. The third kappa shape index (κ3) is 7.21. The van der Waals surface area contributed by atoms with Crippen molar-refractivity contribution in [3.05, 3.63) is 64.8 Å². The molecule has 1 aromatic heterocycles. The van der Waals surface area contributed by atoms with E-state index in [-0.39, 0.29) is 6.04 Å². The van der Waals surface area contributed by atoms with Gasteiger partial charge in [-0.25, -0.2) is 4.68 Å². The first-order chi connectivity index (χ1) is 16.9. The van der Waals surface area contributed by atoms with Gasteiger partial charge in [-0.15, -0.1) is 0 Å². The number of hydrogen-bond acceptors (Lipinski definition) is 6. The molecule has 0 bridgehead atoms. The molecule has 0 spiro atoms. The molecule has 3 rings (SSSR count). The van der Waals surface area contributed by atoms with Crippen LogP contribution in [0.3, 0.4) is 0 Å². The molecule has 35 heavy (non-hydrogen) atoms. The van der Waals surface area contributed by atoms with Crippen LogP contribution >= 0.6 is 11.6 Å². The van der Waals surface area contributed by atoms with Gasteiger partial charge in [-0.1, -0.05) is 24.6 Å². The lowest BCUT2D eigenvalue weighted by Crippen LogP contribution is -2.40. The highest BCUT2D eigenvalue weighted by Crippen LogP contribution is 2.33. The van der Waals surface area contributed by atoms with Crippen molar-refractivity contribution in [3.8, 4) is 23.1 Å². The van der Waals surface area contributed by atoms with E-state index in [1.165, 1.54) is 0 Å². The molecule has 0 amide bonds. The number of aromatic nitrogens is 2. The lowest BCUT2D eigenvalue weighted by atomic mass is 10.1. The molecule has 0 aliphatic heterocycles. The second-order valence-corrected chi connectivity index (χ2v) is 8.97. The van der Waals surface area contributed by atoms with Crippen molar-refractivity contribution >= 4 is 11.6 Å². The number of ether oxygens (including phenoxy) is 3. The normalized spacial score (nSPS) is 13.1. The number of nitrogens with zero attached hydrogens (tertiary/aromatic N) is 3. The topological polar surface area (TPSA) is 69.0 Å². The Labute approximate surface area is 213 Å². The second-order valence-electron chi connectivity index (χ2n) is 8.54. The molecule has 1 N–H and O–H groups in total. The average molecular weight is 502 g/mol. The van der Waals surface area contributed by atoms with Crippen LogP contribution in [0.2, 0.25) is 5.02 Å². The maximum atomic E-state index is 10.6. The highest BCUT2D eigenvalue weighted by molar-refractivity contribution is 6.30. The van der Waals surface area contributed by atoms with E-state index in [2.05, 4.69) is 18.7 Å². The number of hydrogen-bond donors (Lipinski definition) is 1. The van der Waals surface area contributed by atoms with Gasteiger partial charge in [0.05, 0.1) is 36.8 Å². The summed E-state index contributed by atoms with van der Waals surface area (Å²) in [6, 6.07) is 15.2. The Balaban J connectivity index is 2.00. The van der Waals surface area contributed by atoms with E-state index in [9.17, 15) is 5.11 Å². The summed E-state index contributed by atoms with van der Waals surface area (Å²) >= 11 is 6.29. The number of aryl methyl sites for hydroxylation is 1. The zero-order chi connectivity index (χ0) is 25.4. The average Bonchev–Trinajstić information content (AvgIpc) is 3.16. The van der Waals surface area contributed by atoms with Gasteiger partial charge in [-0.3, -0.25) is 4.90 Å². The van der Waals surface area contributed by atoms with Gasteiger partial charge in [-0.2, -0.15) is 5.10 Å². The zero-order valence-electron chi connectivity index (χ0n) is 21.2. The van der Waals surface area contributed by atoms with E-state index in [0.29, 0.717) is 43.0 Å². The molecule has 8 heteroatoms. The lowest BCUT2D eigenvalue weighted by Gasteiger charge is -2.30. The summed E-state index contributed by atoms with van der Waals surface area (Å²) in [4.78, 5) is 2.25. The fourth-order valence-corrected chi connectivity index (χ4v) is 3.99. The van der Waals surface area contributed by atoms with Crippen LogP contribution in [-0.4, -0.2) is 58.8 Å². The van der Waals surface area contributed by atoms with Crippen molar-refractivity contribution in [3.63, 3.8) is 0 Å². The maximum Gasteiger partial charge on any atom is 0.227 e. The highest BCUT2D eigenvalue weighted by Gasteiger charge is 2.25. The minimum absolute atomic E-state index is 0.244. The Bertz CT molecular complexity index is 1070. The van der Waals surface area contributed by atoms with Gasteiger partial charge in [-0.05, 0) is 69.7 Å². The summed E-state index contributed by atoms with van der Waals surface area (Å²) in [6.07, 6.45) is 0.357. The predicted molar refractivity (Wildman–Crippen MR) is 139 cm³/mol. The highest BCUT2D eigenvalue weighted by atomic mass is 35.5. The van der Waals surface area contributed by atoms with Gasteiger partial charge in [0.1, 0.15) is 11.5 Å². The molecule has 7 nitrogen and oxygen atoms in total. The molecule has 2 aromatic carbocycles. The lowest BCUT2D eigenvalue weighted by molar-refractivity contribution is 0.0111. The van der Waals surface area contributed by atoms with Gasteiger partial charge in [0.2, 0.25) is 5.88 Å². The number of methoxy groups -OCH3 is 1. The fraction of sp³-hybridized carbons (Fsp3) is 0.444. The molecule has 2 atom stereocenters. The minimum Gasteiger partial charge on any atom is -0.497 e. The molecule has 1 heterocycles. The smallest absolute Gasteiger partial charge is 0.227 e. The molecular formula is C27H36ClN3O4. The van der Waals surface area contributed by atoms with E-state index >= 15 is 0 Å². The molecule has 190 valence electrons. The van der Waals surface area contributed by atoms with Crippen molar-refractivity contribution in [1.29, 1.82) is 0 Å². The predicted octanol–water partition coefficient (Wildman–Crippen LogP) is 5.63. The van der Waals surface area contributed by atoms with Gasteiger partial charge in [0, 0.05) is 30.8 Å². The van der Waals surface area contributed by atoms with Crippen molar-refractivity contribution in [2.45, 2.75) is 52.8 Å². The van der Waals surface area contributed by atoms with Crippen LogP contribution < -0.4 is 9.47 Å². The Morgan fingerprint density at radius 1 is 1.11 bits per heavy atom. The van der Waals surface area contributed by atoms with Crippen LogP contribution in [0.15, 0.2) is 48.5 Å². The monoisotopic (exact) mass is 501 g/mol. The quantitative estimate of drug-likeness (QED) is 0.327. The molecule has 0 fully saturated rings. The fourth-order valence-electron chi connectivity index (χ4n) is 3.80. The Hall–Kier alpha value is -2.58. The van der Waals surface area contributed by atoms with Gasteiger partial charge in [0.25, 0.3) is 0 Å². The van der Waals surface area contributed by atoms with Crippen molar-refractivity contribution < 1.29 is 19.3 Å². The van der Waals surface area contributed by atoms with Crippen LogP contribution in [0.4, 0.5) is 0 Å². The molecule has 0 unspecified atom stereocenters. The van der Waals surface area contributed by atoms with Gasteiger partial charge in [0.15, 0.2) is 0 Å². The summed E-state index contributed by atoms with van der Waals surface area (Å²) in [6.45, 7) is 10.1. The maximum absolute atomic E-state index is 10.6. The largest absolute Gasteiger partial charge is 0.497 e. The SMILES string of the molecule is CCOC[C@@H](O)CN(Cc1c(C)nn(-c2cccc(Cl)c2)c1Oc1ccc(OC)cc1)[C@H](C)CC. The van der Waals surface area contributed by atoms with Crippen molar-refractivity contribution in [2.24, 2.45) is 0 Å². The Morgan fingerprint density at radius 2 is 1.83 bits per heavy atom. The van der Waals surface area contributed by atoms with E-state index in [1.807, 2.05) is 62.4 Å². The summed E-state index contributed by atoms with van der Waals surface area (Å²) in [5, 5.41) is 16.0. The summed E-state index contributed by atoms with van der Waals surface area (Å²) in [7, 11) is 1.63. The van der Waals surface area contributed by atoms with E-state index in [1.54, 1.807) is 11.8 Å². The van der Waals surface area contributed by atoms with Crippen LogP contribution in [0, 0.1) is 6.92 Å². The third-order valence-electron chi connectivity index (χ3n) is 6.00. The molecular weight excluding hydrogens is 466 g/mol. The zero-order valence-corrected chi connectivity index (χ0v) is 22.0. The van der Waals surface area contributed by atoms with Gasteiger partial charge < -0.3 is 19.3 Å². The van der Waals surface area contributed by atoms with Gasteiger partial charge >= 0.3 is 0 Å². The molecule has 0 radical (unpaired) electrons.